The Hall–Kier alpha value is -1.34. The molecule has 6 heteroatoms. The number of rotatable bonds is 6. The zero-order chi connectivity index (χ0) is 19.8. The zero-order valence-electron chi connectivity index (χ0n) is 17.4. The predicted octanol–water partition coefficient (Wildman–Crippen LogP) is 4.25. The van der Waals surface area contributed by atoms with E-state index in [9.17, 15) is 0 Å². The number of methoxy groups -OCH3 is 1. The van der Waals surface area contributed by atoms with E-state index in [0.29, 0.717) is 6.04 Å². The van der Waals surface area contributed by atoms with Gasteiger partial charge < -0.3 is 14.0 Å². The van der Waals surface area contributed by atoms with Crippen molar-refractivity contribution in [1.82, 2.24) is 4.90 Å². The highest BCUT2D eigenvalue weighted by Crippen LogP contribution is 2.37. The van der Waals surface area contributed by atoms with Crippen LogP contribution >= 0.6 is 11.3 Å². The zero-order valence-corrected chi connectivity index (χ0v) is 18.2. The third kappa shape index (κ3) is 4.09. The highest BCUT2D eigenvalue weighted by atomic mass is 32.1. The lowest BCUT2D eigenvalue weighted by atomic mass is 9.75. The molecule has 146 valence electrons. The number of benzene rings is 1. The van der Waals surface area contributed by atoms with E-state index < -0.39 is 0 Å². The molecular formula is C21H30BNO3S. The molecule has 27 heavy (non-hydrogen) atoms. The van der Waals surface area contributed by atoms with Crippen molar-refractivity contribution in [3.8, 4) is 5.75 Å². The molecule has 4 nitrogen and oxygen atoms in total. The Bertz CT molecular complexity index is 760. The minimum Gasteiger partial charge on any atom is -0.497 e. The van der Waals surface area contributed by atoms with E-state index in [0.717, 1.165) is 17.8 Å². The molecule has 0 radical (unpaired) electrons. The van der Waals surface area contributed by atoms with E-state index in [2.05, 4.69) is 76.2 Å². The Morgan fingerprint density at radius 3 is 2.37 bits per heavy atom. The first-order chi connectivity index (χ1) is 12.6. The quantitative estimate of drug-likeness (QED) is 0.694. The van der Waals surface area contributed by atoms with Crippen molar-refractivity contribution >= 4 is 23.9 Å². The summed E-state index contributed by atoms with van der Waals surface area (Å²) in [4.78, 5) is 3.70. The molecule has 0 aliphatic carbocycles. The number of thiophene rings is 1. The average molecular weight is 387 g/mol. The number of hydrogen-bond acceptors (Lipinski definition) is 5. The molecule has 2 heterocycles. The van der Waals surface area contributed by atoms with Gasteiger partial charge in [0.15, 0.2) is 0 Å². The van der Waals surface area contributed by atoms with Gasteiger partial charge in [-0.3, -0.25) is 4.90 Å². The maximum Gasteiger partial charge on any atom is 0.495 e. The summed E-state index contributed by atoms with van der Waals surface area (Å²) < 4.78 is 18.1. The largest absolute Gasteiger partial charge is 0.497 e. The first-order valence-electron chi connectivity index (χ1n) is 9.41. The lowest BCUT2D eigenvalue weighted by molar-refractivity contribution is 0.00578. The van der Waals surface area contributed by atoms with Gasteiger partial charge in [-0.05, 0) is 76.3 Å². The molecule has 1 aliphatic rings. The Kier molecular flexibility index (Phi) is 5.73. The lowest BCUT2D eigenvalue weighted by Crippen LogP contribution is -2.41. The number of hydrogen-bond donors (Lipinski definition) is 0. The van der Waals surface area contributed by atoms with Crippen LogP contribution in [0.3, 0.4) is 0 Å². The molecule has 0 spiro atoms. The van der Waals surface area contributed by atoms with Crippen molar-refractivity contribution in [2.45, 2.75) is 58.4 Å². The normalized spacial score (nSPS) is 19.5. The molecule has 0 saturated carbocycles. The second-order valence-electron chi connectivity index (χ2n) is 8.26. The van der Waals surface area contributed by atoms with Crippen LogP contribution in [0.2, 0.25) is 0 Å². The lowest BCUT2D eigenvalue weighted by Gasteiger charge is -2.32. The average Bonchev–Trinajstić information content (AvgIpc) is 3.20. The van der Waals surface area contributed by atoms with Crippen molar-refractivity contribution in [3.05, 3.63) is 46.2 Å². The first-order valence-corrected chi connectivity index (χ1v) is 10.3. The molecule has 0 amide bonds. The summed E-state index contributed by atoms with van der Waals surface area (Å²) in [5.74, 6) is 0.849. The minimum absolute atomic E-state index is 0.336. The highest BCUT2D eigenvalue weighted by molar-refractivity contribution is 7.10. The van der Waals surface area contributed by atoms with E-state index in [1.165, 1.54) is 10.4 Å². The van der Waals surface area contributed by atoms with E-state index in [-0.39, 0.29) is 18.3 Å². The SMILES string of the molecule is COc1ccc(B2OC(C)(C)C(C)(C)O2)c(CN(C)C(C)c2cccs2)c1. The Morgan fingerprint density at radius 1 is 1.15 bits per heavy atom. The van der Waals surface area contributed by atoms with E-state index in [4.69, 9.17) is 14.0 Å². The van der Waals surface area contributed by atoms with E-state index in [1.807, 2.05) is 6.07 Å². The fourth-order valence-electron chi connectivity index (χ4n) is 3.20. The van der Waals surface area contributed by atoms with Crippen LogP contribution in [0.25, 0.3) is 0 Å². The van der Waals surface area contributed by atoms with Crippen molar-refractivity contribution in [2.24, 2.45) is 0 Å². The summed E-state index contributed by atoms with van der Waals surface area (Å²) in [6.45, 7) is 11.4. The second kappa shape index (κ2) is 7.59. The van der Waals surface area contributed by atoms with Crippen molar-refractivity contribution < 1.29 is 14.0 Å². The molecule has 1 atom stereocenters. The van der Waals surface area contributed by atoms with Gasteiger partial charge >= 0.3 is 7.12 Å². The Balaban J connectivity index is 1.88. The second-order valence-corrected chi connectivity index (χ2v) is 9.24. The summed E-state index contributed by atoms with van der Waals surface area (Å²) in [6, 6.07) is 10.8. The summed E-state index contributed by atoms with van der Waals surface area (Å²) >= 11 is 1.79. The summed E-state index contributed by atoms with van der Waals surface area (Å²) in [5, 5.41) is 2.13. The first kappa shape index (κ1) is 20.4. The van der Waals surface area contributed by atoms with E-state index in [1.54, 1.807) is 18.4 Å². The molecule has 1 unspecified atom stereocenters. The molecule has 1 fully saturated rings. The van der Waals surface area contributed by atoms with E-state index >= 15 is 0 Å². The predicted molar refractivity (Wildman–Crippen MR) is 113 cm³/mol. The fraction of sp³-hybridized carbons (Fsp3) is 0.524. The Morgan fingerprint density at radius 2 is 1.81 bits per heavy atom. The van der Waals surface area contributed by atoms with Gasteiger partial charge in [0.05, 0.1) is 18.3 Å². The van der Waals surface area contributed by atoms with Crippen LogP contribution in [-0.4, -0.2) is 37.4 Å². The van der Waals surface area contributed by atoms with Crippen LogP contribution in [0.4, 0.5) is 0 Å². The summed E-state index contributed by atoms with van der Waals surface area (Å²) in [6.07, 6.45) is 0. The van der Waals surface area contributed by atoms with Crippen LogP contribution in [-0.2, 0) is 15.9 Å². The minimum atomic E-state index is -0.374. The molecule has 1 aliphatic heterocycles. The molecule has 1 saturated heterocycles. The molecule has 1 aromatic carbocycles. The molecular weight excluding hydrogens is 357 g/mol. The smallest absolute Gasteiger partial charge is 0.495 e. The van der Waals surface area contributed by atoms with Gasteiger partial charge in [0.25, 0.3) is 0 Å². The number of ether oxygens (including phenoxy) is 1. The molecule has 1 aromatic heterocycles. The fourth-order valence-corrected chi connectivity index (χ4v) is 4.05. The molecule has 3 rings (SSSR count). The van der Waals surface area contributed by atoms with Crippen LogP contribution in [0, 0.1) is 0 Å². The summed E-state index contributed by atoms with van der Waals surface area (Å²) in [5.41, 5.74) is 1.52. The van der Waals surface area contributed by atoms with Gasteiger partial charge in [-0.25, -0.2) is 0 Å². The van der Waals surface area contributed by atoms with Gasteiger partial charge in [0.1, 0.15) is 5.75 Å². The van der Waals surface area contributed by atoms with Crippen LogP contribution < -0.4 is 10.2 Å². The summed E-state index contributed by atoms with van der Waals surface area (Å²) in [7, 11) is 3.48. The monoisotopic (exact) mass is 387 g/mol. The maximum atomic E-state index is 6.30. The molecule has 2 aromatic rings. The third-order valence-corrected chi connectivity index (χ3v) is 6.94. The van der Waals surface area contributed by atoms with Crippen molar-refractivity contribution in [3.63, 3.8) is 0 Å². The highest BCUT2D eigenvalue weighted by Gasteiger charge is 2.52. The van der Waals surface area contributed by atoms with Gasteiger partial charge in [0, 0.05) is 17.5 Å². The number of nitrogens with zero attached hydrogens (tertiary/aromatic N) is 1. The van der Waals surface area contributed by atoms with Crippen molar-refractivity contribution in [2.75, 3.05) is 14.2 Å². The van der Waals surface area contributed by atoms with Gasteiger partial charge in [-0.15, -0.1) is 11.3 Å². The maximum absolute atomic E-state index is 6.30. The standard InChI is InChI=1S/C21H30BNO3S/c1-15(19-9-8-12-27-19)23(6)14-16-13-17(24-7)10-11-18(16)22-25-20(2,3)21(4,5)26-22/h8-13,15H,14H2,1-7H3. The van der Waals surface area contributed by atoms with Crippen molar-refractivity contribution in [1.29, 1.82) is 0 Å². The third-order valence-electron chi connectivity index (χ3n) is 5.89. The van der Waals surface area contributed by atoms with Crippen LogP contribution in [0.5, 0.6) is 5.75 Å². The molecule has 0 N–H and O–H groups in total. The Labute approximate surface area is 167 Å². The topological polar surface area (TPSA) is 30.9 Å². The molecule has 0 bridgehead atoms. The van der Waals surface area contributed by atoms with Gasteiger partial charge in [-0.2, -0.15) is 0 Å². The van der Waals surface area contributed by atoms with Crippen LogP contribution in [0.1, 0.15) is 51.1 Å². The van der Waals surface area contributed by atoms with Gasteiger partial charge in [0.2, 0.25) is 0 Å². The van der Waals surface area contributed by atoms with Crippen LogP contribution in [0.15, 0.2) is 35.7 Å². The van der Waals surface area contributed by atoms with Gasteiger partial charge in [-0.1, -0.05) is 12.1 Å².